The molecule has 2 amide bonds. The number of thioether (sulfide) groups is 1. The molecule has 7 heteroatoms. The molecule has 148 valence electrons. The molecule has 0 heterocycles. The number of carbonyl (C=O) groups excluding carboxylic acids is 3. The molecule has 0 fully saturated rings. The maximum atomic E-state index is 11.9. The van der Waals surface area contributed by atoms with Gasteiger partial charge in [-0.05, 0) is 55.7 Å². The Hall–Kier alpha value is -2.80. The normalized spacial score (nSPS) is 10.2. The van der Waals surface area contributed by atoms with Crippen LogP contribution in [-0.4, -0.2) is 35.9 Å². The molecule has 2 N–H and O–H groups in total. The van der Waals surface area contributed by atoms with Crippen LogP contribution in [0.2, 0.25) is 0 Å². The van der Waals surface area contributed by atoms with E-state index in [2.05, 4.69) is 10.6 Å². The van der Waals surface area contributed by atoms with E-state index in [-0.39, 0.29) is 24.0 Å². The van der Waals surface area contributed by atoms with E-state index in [1.165, 1.54) is 0 Å². The summed E-state index contributed by atoms with van der Waals surface area (Å²) >= 11 is 1.13. The zero-order chi connectivity index (χ0) is 20.5. The molecule has 2 aromatic rings. The topological polar surface area (TPSA) is 84.5 Å². The number of aryl methyl sites for hydroxylation is 3. The summed E-state index contributed by atoms with van der Waals surface area (Å²) in [5.74, 6) is -1.01. The molecule has 2 aromatic carbocycles. The summed E-state index contributed by atoms with van der Waals surface area (Å²) in [7, 11) is 0. The minimum absolute atomic E-state index is 0.00199. The number of hydrogen-bond acceptors (Lipinski definition) is 5. The Bertz CT molecular complexity index is 867. The lowest BCUT2D eigenvalue weighted by atomic mass is 10.1. The summed E-state index contributed by atoms with van der Waals surface area (Å²) in [6.45, 7) is 5.40. The highest BCUT2D eigenvalue weighted by Crippen LogP contribution is 2.16. The molecule has 0 saturated carbocycles. The van der Waals surface area contributed by atoms with Crippen molar-refractivity contribution in [2.45, 2.75) is 20.8 Å². The van der Waals surface area contributed by atoms with Crippen molar-refractivity contribution >= 4 is 40.9 Å². The van der Waals surface area contributed by atoms with Gasteiger partial charge in [-0.15, -0.1) is 11.8 Å². The van der Waals surface area contributed by atoms with Crippen molar-refractivity contribution in [3.63, 3.8) is 0 Å². The highest BCUT2D eigenvalue weighted by atomic mass is 32.2. The van der Waals surface area contributed by atoms with Crippen molar-refractivity contribution in [1.82, 2.24) is 0 Å². The Morgan fingerprint density at radius 1 is 0.893 bits per heavy atom. The van der Waals surface area contributed by atoms with Gasteiger partial charge in [0, 0.05) is 11.4 Å². The lowest BCUT2D eigenvalue weighted by Crippen LogP contribution is -2.22. The molecule has 0 aliphatic carbocycles. The number of carbonyl (C=O) groups is 3. The molecule has 2 rings (SSSR count). The lowest BCUT2D eigenvalue weighted by molar-refractivity contribution is -0.144. The number of amides is 2. The molecular formula is C21H24N2O4S. The predicted octanol–water partition coefficient (Wildman–Crippen LogP) is 3.47. The molecule has 0 bridgehead atoms. The standard InChI is InChI=1S/C21H24N2O4S/c1-14-5-4-6-17(9-14)22-20(25)12-28-13-21(26)27-11-19(24)23-18-10-15(2)7-8-16(18)3/h4-10H,11-13H2,1-3H3,(H,22,25)(H,23,24). The van der Waals surface area contributed by atoms with Gasteiger partial charge in [0.2, 0.25) is 5.91 Å². The molecule has 0 spiro atoms. The second-order valence-corrected chi connectivity index (χ2v) is 7.42. The monoisotopic (exact) mass is 400 g/mol. The number of anilines is 2. The smallest absolute Gasteiger partial charge is 0.316 e. The van der Waals surface area contributed by atoms with E-state index in [0.29, 0.717) is 5.69 Å². The lowest BCUT2D eigenvalue weighted by Gasteiger charge is -2.10. The van der Waals surface area contributed by atoms with Crippen molar-refractivity contribution in [2.24, 2.45) is 0 Å². The van der Waals surface area contributed by atoms with Crippen molar-refractivity contribution in [1.29, 1.82) is 0 Å². The third kappa shape index (κ3) is 7.44. The molecule has 0 aliphatic heterocycles. The van der Waals surface area contributed by atoms with E-state index in [0.717, 1.165) is 34.1 Å². The predicted molar refractivity (Wildman–Crippen MR) is 113 cm³/mol. The molecule has 0 saturated heterocycles. The van der Waals surface area contributed by atoms with Crippen LogP contribution in [0, 0.1) is 20.8 Å². The number of benzene rings is 2. The van der Waals surface area contributed by atoms with Crippen LogP contribution in [0.4, 0.5) is 11.4 Å². The zero-order valence-electron chi connectivity index (χ0n) is 16.2. The maximum absolute atomic E-state index is 11.9. The van der Waals surface area contributed by atoms with Gasteiger partial charge in [0.1, 0.15) is 0 Å². The van der Waals surface area contributed by atoms with Gasteiger partial charge in [-0.3, -0.25) is 14.4 Å². The van der Waals surface area contributed by atoms with Crippen LogP contribution < -0.4 is 10.6 Å². The van der Waals surface area contributed by atoms with Crippen LogP contribution in [0.3, 0.4) is 0 Å². The van der Waals surface area contributed by atoms with Crippen molar-refractivity contribution in [3.8, 4) is 0 Å². The Morgan fingerprint density at radius 3 is 2.39 bits per heavy atom. The van der Waals surface area contributed by atoms with Crippen LogP contribution in [0.5, 0.6) is 0 Å². The van der Waals surface area contributed by atoms with Gasteiger partial charge in [-0.25, -0.2) is 0 Å². The number of hydrogen-bond donors (Lipinski definition) is 2. The van der Waals surface area contributed by atoms with Gasteiger partial charge in [0.05, 0.1) is 11.5 Å². The Morgan fingerprint density at radius 2 is 1.64 bits per heavy atom. The quantitative estimate of drug-likeness (QED) is 0.663. The van der Waals surface area contributed by atoms with E-state index in [9.17, 15) is 14.4 Å². The van der Waals surface area contributed by atoms with Crippen LogP contribution in [0.25, 0.3) is 0 Å². The zero-order valence-corrected chi connectivity index (χ0v) is 17.0. The molecule has 0 atom stereocenters. The minimum Gasteiger partial charge on any atom is -0.455 e. The van der Waals surface area contributed by atoms with Gasteiger partial charge in [0.25, 0.3) is 5.91 Å². The largest absolute Gasteiger partial charge is 0.455 e. The number of nitrogens with one attached hydrogen (secondary N) is 2. The van der Waals surface area contributed by atoms with E-state index < -0.39 is 11.9 Å². The van der Waals surface area contributed by atoms with Crippen molar-refractivity contribution in [3.05, 3.63) is 59.2 Å². The highest BCUT2D eigenvalue weighted by molar-refractivity contribution is 8.00. The number of ether oxygens (including phenoxy) is 1. The average molecular weight is 401 g/mol. The maximum Gasteiger partial charge on any atom is 0.316 e. The van der Waals surface area contributed by atoms with Gasteiger partial charge >= 0.3 is 5.97 Å². The second kappa shape index (κ2) is 10.5. The molecule has 0 radical (unpaired) electrons. The first kappa shape index (κ1) is 21.5. The first-order chi connectivity index (χ1) is 13.3. The van der Waals surface area contributed by atoms with Gasteiger partial charge in [0.15, 0.2) is 6.61 Å². The second-order valence-electron chi connectivity index (χ2n) is 6.44. The van der Waals surface area contributed by atoms with Crippen molar-refractivity contribution in [2.75, 3.05) is 28.7 Å². The van der Waals surface area contributed by atoms with E-state index in [4.69, 9.17) is 4.74 Å². The van der Waals surface area contributed by atoms with Crippen LogP contribution in [0.1, 0.15) is 16.7 Å². The molecular weight excluding hydrogens is 376 g/mol. The van der Waals surface area contributed by atoms with E-state index in [1.807, 2.05) is 57.2 Å². The molecule has 28 heavy (non-hydrogen) atoms. The number of rotatable bonds is 8. The summed E-state index contributed by atoms with van der Waals surface area (Å²) in [5, 5.41) is 5.49. The van der Waals surface area contributed by atoms with Crippen LogP contribution in [0.15, 0.2) is 42.5 Å². The number of esters is 1. The Balaban J connectivity index is 1.66. The first-order valence-electron chi connectivity index (χ1n) is 8.80. The summed E-state index contributed by atoms with van der Waals surface area (Å²) in [6, 6.07) is 13.2. The summed E-state index contributed by atoms with van der Waals surface area (Å²) in [5.41, 5.74) is 4.42. The van der Waals surface area contributed by atoms with Crippen LogP contribution >= 0.6 is 11.8 Å². The SMILES string of the molecule is Cc1cccc(NC(=O)CSCC(=O)OCC(=O)Nc2cc(C)ccc2C)c1. The van der Waals surface area contributed by atoms with E-state index >= 15 is 0 Å². The first-order valence-corrected chi connectivity index (χ1v) is 9.96. The van der Waals surface area contributed by atoms with Gasteiger partial charge in [-0.2, -0.15) is 0 Å². The third-order valence-corrected chi connectivity index (χ3v) is 4.69. The summed E-state index contributed by atoms with van der Waals surface area (Å²) in [6.07, 6.45) is 0. The molecule has 0 aliphatic rings. The minimum atomic E-state index is -0.538. The Labute approximate surface area is 169 Å². The third-order valence-electron chi connectivity index (χ3n) is 3.79. The fourth-order valence-electron chi connectivity index (χ4n) is 2.39. The fourth-order valence-corrected chi connectivity index (χ4v) is 3.00. The van der Waals surface area contributed by atoms with Gasteiger partial charge in [-0.1, -0.05) is 24.3 Å². The highest BCUT2D eigenvalue weighted by Gasteiger charge is 2.11. The summed E-state index contributed by atoms with van der Waals surface area (Å²) < 4.78 is 4.96. The Kier molecular flexibility index (Phi) is 8.07. The molecule has 6 nitrogen and oxygen atoms in total. The van der Waals surface area contributed by atoms with E-state index in [1.54, 1.807) is 6.07 Å². The summed E-state index contributed by atoms with van der Waals surface area (Å²) in [4.78, 5) is 35.6. The van der Waals surface area contributed by atoms with Gasteiger partial charge < -0.3 is 15.4 Å². The fraction of sp³-hybridized carbons (Fsp3) is 0.286. The average Bonchev–Trinajstić information content (AvgIpc) is 2.63. The molecule has 0 aromatic heterocycles. The molecule has 0 unspecified atom stereocenters. The van der Waals surface area contributed by atoms with Crippen LogP contribution in [-0.2, 0) is 19.1 Å². The van der Waals surface area contributed by atoms with Crippen molar-refractivity contribution < 1.29 is 19.1 Å².